The Morgan fingerprint density at radius 3 is 2.54 bits per heavy atom. The fraction of sp³-hybridized carbons (Fsp3) is 0.150. The van der Waals surface area contributed by atoms with Crippen molar-refractivity contribution in [3.63, 3.8) is 0 Å². The number of carbonyl (C=O) groups excluding carboxylic acids is 1. The van der Waals surface area contributed by atoms with Crippen LogP contribution in [0.3, 0.4) is 0 Å². The van der Waals surface area contributed by atoms with Gasteiger partial charge in [0.1, 0.15) is 11.4 Å². The summed E-state index contributed by atoms with van der Waals surface area (Å²) in [4.78, 5) is 31.4. The highest BCUT2D eigenvalue weighted by Crippen LogP contribution is 2.42. The van der Waals surface area contributed by atoms with E-state index >= 15 is 0 Å². The zero-order valence-electron chi connectivity index (χ0n) is 14.5. The molecular weight excluding hydrogens is 416 g/mol. The third-order valence-electron chi connectivity index (χ3n) is 4.49. The van der Waals surface area contributed by atoms with Crippen LogP contribution in [-0.4, -0.2) is 38.7 Å². The second-order valence-electron chi connectivity index (χ2n) is 6.24. The lowest BCUT2D eigenvalue weighted by molar-refractivity contribution is -0.141. The van der Waals surface area contributed by atoms with Gasteiger partial charge in [-0.05, 0) is 41.5 Å². The van der Waals surface area contributed by atoms with Crippen LogP contribution in [0.15, 0.2) is 60.2 Å². The van der Waals surface area contributed by atoms with Gasteiger partial charge >= 0.3 is 5.97 Å². The number of carbonyl (C=O) groups is 2. The molecule has 0 aliphatic carbocycles. The average molecular weight is 431 g/mol. The largest absolute Gasteiger partial charge is 0.480 e. The molecule has 0 saturated carbocycles. The van der Waals surface area contributed by atoms with Crippen LogP contribution in [0.5, 0.6) is 0 Å². The number of pyridine rings is 1. The molecule has 2 atom stereocenters. The molecule has 0 radical (unpaired) electrons. The number of aromatic nitrogens is 1. The molecule has 3 aromatic rings. The molecule has 1 fully saturated rings. The summed E-state index contributed by atoms with van der Waals surface area (Å²) in [6.45, 7) is 0. The van der Waals surface area contributed by atoms with Crippen molar-refractivity contribution >= 4 is 46.6 Å². The van der Waals surface area contributed by atoms with E-state index < -0.39 is 12.0 Å². The predicted molar refractivity (Wildman–Crippen MR) is 112 cm³/mol. The zero-order chi connectivity index (χ0) is 19.7. The lowest BCUT2D eigenvalue weighted by Gasteiger charge is -2.27. The van der Waals surface area contributed by atoms with Gasteiger partial charge in [-0.3, -0.25) is 9.78 Å². The minimum atomic E-state index is -0.995. The number of thioether (sulfide) groups is 1. The number of amides is 1. The molecule has 0 spiro atoms. The van der Waals surface area contributed by atoms with Crippen LogP contribution < -0.4 is 0 Å². The van der Waals surface area contributed by atoms with Crippen molar-refractivity contribution in [3.05, 3.63) is 76.4 Å². The SMILES string of the molecule is O=C(O)C1CSC(c2ccncc2)N1C(=O)c1csc(-c2ccc(Cl)cc2)c1. The topological polar surface area (TPSA) is 70.5 Å². The highest BCUT2D eigenvalue weighted by Gasteiger charge is 2.42. The maximum absolute atomic E-state index is 13.3. The summed E-state index contributed by atoms with van der Waals surface area (Å²) in [5.41, 5.74) is 2.32. The van der Waals surface area contributed by atoms with Crippen molar-refractivity contribution in [3.8, 4) is 10.4 Å². The molecule has 5 nitrogen and oxygen atoms in total. The average Bonchev–Trinajstić information content (AvgIpc) is 3.36. The first-order chi connectivity index (χ1) is 13.5. The highest BCUT2D eigenvalue weighted by molar-refractivity contribution is 7.99. The van der Waals surface area contributed by atoms with Gasteiger partial charge < -0.3 is 10.0 Å². The Labute approximate surface area is 175 Å². The van der Waals surface area contributed by atoms with Gasteiger partial charge in [0.2, 0.25) is 0 Å². The summed E-state index contributed by atoms with van der Waals surface area (Å²) >= 11 is 8.84. The smallest absolute Gasteiger partial charge is 0.327 e. The Bertz CT molecular complexity index is 1010. The van der Waals surface area contributed by atoms with Crippen LogP contribution in [0.2, 0.25) is 5.02 Å². The summed E-state index contributed by atoms with van der Waals surface area (Å²) < 4.78 is 0. The molecule has 142 valence electrons. The molecule has 4 rings (SSSR count). The molecule has 1 aromatic carbocycles. The van der Waals surface area contributed by atoms with Crippen LogP contribution in [0, 0.1) is 0 Å². The monoisotopic (exact) mass is 430 g/mol. The number of nitrogens with zero attached hydrogens (tertiary/aromatic N) is 2. The third-order valence-corrected chi connectivity index (χ3v) is 7.04. The number of benzene rings is 1. The Balaban J connectivity index is 1.66. The van der Waals surface area contributed by atoms with Crippen molar-refractivity contribution in [2.75, 3.05) is 5.75 Å². The van der Waals surface area contributed by atoms with Crippen LogP contribution >= 0.6 is 34.7 Å². The highest BCUT2D eigenvalue weighted by atomic mass is 35.5. The van der Waals surface area contributed by atoms with Crippen molar-refractivity contribution in [2.45, 2.75) is 11.4 Å². The van der Waals surface area contributed by atoms with E-state index in [9.17, 15) is 14.7 Å². The van der Waals surface area contributed by atoms with E-state index in [0.717, 1.165) is 16.0 Å². The minimum absolute atomic E-state index is 0.282. The van der Waals surface area contributed by atoms with Crippen LogP contribution in [-0.2, 0) is 4.79 Å². The van der Waals surface area contributed by atoms with Gasteiger partial charge in [0.05, 0.1) is 5.56 Å². The van der Waals surface area contributed by atoms with Crippen molar-refractivity contribution in [1.82, 2.24) is 9.88 Å². The van der Waals surface area contributed by atoms with Gasteiger partial charge in [0.15, 0.2) is 0 Å². The van der Waals surface area contributed by atoms with E-state index in [1.54, 1.807) is 29.9 Å². The minimum Gasteiger partial charge on any atom is -0.480 e. The lowest BCUT2D eigenvalue weighted by atomic mass is 10.1. The number of aliphatic carboxylic acids is 1. The summed E-state index contributed by atoms with van der Waals surface area (Å²) in [5.74, 6) is -0.927. The fourth-order valence-electron chi connectivity index (χ4n) is 3.09. The van der Waals surface area contributed by atoms with Gasteiger partial charge in [0.25, 0.3) is 5.91 Å². The Morgan fingerprint density at radius 1 is 1.14 bits per heavy atom. The Morgan fingerprint density at radius 2 is 1.86 bits per heavy atom. The van der Waals surface area contributed by atoms with Crippen LogP contribution in [0.25, 0.3) is 10.4 Å². The normalized spacial score (nSPS) is 19.0. The fourth-order valence-corrected chi connectivity index (χ4v) is 5.53. The number of hydrogen-bond donors (Lipinski definition) is 1. The number of halogens is 1. The first-order valence-electron chi connectivity index (χ1n) is 8.46. The predicted octanol–water partition coefficient (Wildman–Crippen LogP) is 4.80. The second kappa shape index (κ2) is 7.95. The van der Waals surface area contributed by atoms with E-state index in [1.165, 1.54) is 28.0 Å². The van der Waals surface area contributed by atoms with Crippen molar-refractivity contribution in [2.24, 2.45) is 0 Å². The van der Waals surface area contributed by atoms with E-state index in [2.05, 4.69) is 4.98 Å². The maximum Gasteiger partial charge on any atom is 0.327 e. The van der Waals surface area contributed by atoms with E-state index in [4.69, 9.17) is 11.6 Å². The molecular formula is C20H15ClN2O3S2. The number of thiophene rings is 1. The van der Waals surface area contributed by atoms with Crippen LogP contribution in [0.4, 0.5) is 0 Å². The van der Waals surface area contributed by atoms with Gasteiger partial charge in [-0.15, -0.1) is 23.1 Å². The lowest BCUT2D eigenvalue weighted by Crippen LogP contribution is -2.42. The maximum atomic E-state index is 13.3. The number of rotatable bonds is 4. The molecule has 8 heteroatoms. The summed E-state index contributed by atoms with van der Waals surface area (Å²) in [5, 5.41) is 11.7. The molecule has 2 aromatic heterocycles. The molecule has 1 saturated heterocycles. The molecule has 1 N–H and O–H groups in total. The standard InChI is InChI=1S/C20H15ClN2O3S2/c21-15-3-1-12(2-4-15)17-9-14(10-27-17)18(24)23-16(20(25)26)11-28-19(23)13-5-7-22-8-6-13/h1-10,16,19H,11H2,(H,25,26). The van der Waals surface area contributed by atoms with Crippen molar-refractivity contribution < 1.29 is 14.7 Å². The number of hydrogen-bond acceptors (Lipinski definition) is 5. The summed E-state index contributed by atoms with van der Waals surface area (Å²) in [6, 6.07) is 12.0. The van der Waals surface area contributed by atoms with Gasteiger partial charge in [-0.1, -0.05) is 23.7 Å². The number of carboxylic acid groups (broad SMARTS) is 1. The second-order valence-corrected chi connectivity index (χ2v) is 8.70. The first kappa shape index (κ1) is 19.0. The van der Waals surface area contributed by atoms with E-state index in [0.29, 0.717) is 16.3 Å². The summed E-state index contributed by atoms with van der Waals surface area (Å²) in [7, 11) is 0. The molecule has 1 aliphatic rings. The molecule has 0 bridgehead atoms. The molecule has 3 heterocycles. The zero-order valence-corrected chi connectivity index (χ0v) is 16.9. The third kappa shape index (κ3) is 3.65. The van der Waals surface area contributed by atoms with Crippen LogP contribution in [0.1, 0.15) is 21.3 Å². The molecule has 2 unspecified atom stereocenters. The Kier molecular flexibility index (Phi) is 5.39. The number of carboxylic acids is 1. The van der Waals surface area contributed by atoms with Gasteiger partial charge in [-0.25, -0.2) is 4.79 Å². The van der Waals surface area contributed by atoms with Gasteiger partial charge in [0, 0.05) is 33.4 Å². The quantitative estimate of drug-likeness (QED) is 0.643. The summed E-state index contributed by atoms with van der Waals surface area (Å²) in [6.07, 6.45) is 3.30. The molecule has 28 heavy (non-hydrogen) atoms. The Hall–Kier alpha value is -2.35. The van der Waals surface area contributed by atoms with E-state index in [-0.39, 0.29) is 11.3 Å². The first-order valence-corrected chi connectivity index (χ1v) is 10.8. The molecule has 1 aliphatic heterocycles. The van der Waals surface area contributed by atoms with Crippen molar-refractivity contribution in [1.29, 1.82) is 0 Å². The van der Waals surface area contributed by atoms with E-state index in [1.807, 2.05) is 30.3 Å². The molecule has 1 amide bonds. The van der Waals surface area contributed by atoms with Gasteiger partial charge in [-0.2, -0.15) is 0 Å².